The Morgan fingerprint density at radius 2 is 1.92 bits per heavy atom. The molecule has 3 rings (SSSR count). The van der Waals surface area contributed by atoms with Gasteiger partial charge in [-0.05, 0) is 54.3 Å². The summed E-state index contributed by atoms with van der Waals surface area (Å²) in [6, 6.07) is 4.86. The third-order valence-corrected chi connectivity index (χ3v) is 10.9. The van der Waals surface area contributed by atoms with Crippen molar-refractivity contribution in [2.75, 3.05) is 5.75 Å². The summed E-state index contributed by atoms with van der Waals surface area (Å²) in [4.78, 5) is 5.72. The van der Waals surface area contributed by atoms with Crippen molar-refractivity contribution in [1.82, 2.24) is 4.98 Å². The van der Waals surface area contributed by atoms with Gasteiger partial charge in [0.2, 0.25) is 0 Å². The molecule has 0 spiro atoms. The predicted octanol–water partition coefficient (Wildman–Crippen LogP) is 5.56. The van der Waals surface area contributed by atoms with Crippen molar-refractivity contribution in [1.29, 1.82) is 0 Å². The van der Waals surface area contributed by atoms with Crippen LogP contribution in [0.2, 0.25) is 25.7 Å². The van der Waals surface area contributed by atoms with E-state index in [0.29, 0.717) is 15.5 Å². The predicted molar refractivity (Wildman–Crippen MR) is 115 cm³/mol. The Balaban J connectivity index is 1.91. The number of sulfone groups is 1. The van der Waals surface area contributed by atoms with Gasteiger partial charge in [0, 0.05) is 19.2 Å². The standard InChI is InChI=1S/C20H31NO2S2Si/c1-20(2,3)16-7-8-17-14(12-16)11-15-13-18(24-19(15)21-17)25(22,23)9-10-26(4,5)6/h11,13,16H,7-10,12H2,1-6H3. The van der Waals surface area contributed by atoms with Gasteiger partial charge in [-0.1, -0.05) is 40.4 Å². The van der Waals surface area contributed by atoms with Crippen molar-refractivity contribution in [2.45, 2.75) is 69.9 Å². The van der Waals surface area contributed by atoms with E-state index < -0.39 is 17.9 Å². The summed E-state index contributed by atoms with van der Waals surface area (Å²) in [5, 5.41) is 0.995. The van der Waals surface area contributed by atoms with E-state index in [-0.39, 0.29) is 5.75 Å². The average molecular weight is 410 g/mol. The zero-order chi connectivity index (χ0) is 19.3. The van der Waals surface area contributed by atoms with Crippen LogP contribution < -0.4 is 0 Å². The molecule has 2 aromatic heterocycles. The number of hydrogen-bond acceptors (Lipinski definition) is 4. The molecular formula is C20H31NO2S2Si. The fraction of sp³-hybridized carbons (Fsp3) is 0.650. The molecule has 0 bridgehead atoms. The van der Waals surface area contributed by atoms with Crippen molar-refractivity contribution < 1.29 is 8.42 Å². The maximum absolute atomic E-state index is 12.8. The maximum Gasteiger partial charge on any atom is 0.187 e. The zero-order valence-electron chi connectivity index (χ0n) is 16.8. The fourth-order valence-electron chi connectivity index (χ4n) is 3.53. The fourth-order valence-corrected chi connectivity index (χ4v) is 9.33. The Kier molecular flexibility index (Phi) is 5.17. The smallest absolute Gasteiger partial charge is 0.187 e. The zero-order valence-corrected chi connectivity index (χ0v) is 19.5. The maximum atomic E-state index is 12.8. The monoisotopic (exact) mass is 409 g/mol. The van der Waals surface area contributed by atoms with E-state index in [9.17, 15) is 8.42 Å². The average Bonchev–Trinajstić information content (AvgIpc) is 2.92. The molecular weight excluding hydrogens is 378 g/mol. The lowest BCUT2D eigenvalue weighted by Crippen LogP contribution is -2.27. The van der Waals surface area contributed by atoms with Crippen molar-refractivity contribution in [3.63, 3.8) is 0 Å². The minimum Gasteiger partial charge on any atom is -0.242 e. The molecule has 0 radical (unpaired) electrons. The van der Waals surface area contributed by atoms with Crippen LogP contribution in [0.25, 0.3) is 10.2 Å². The van der Waals surface area contributed by atoms with Gasteiger partial charge in [-0.3, -0.25) is 0 Å². The Morgan fingerprint density at radius 1 is 1.23 bits per heavy atom. The summed E-state index contributed by atoms with van der Waals surface area (Å²) in [6.45, 7) is 13.6. The summed E-state index contributed by atoms with van der Waals surface area (Å²) in [5.74, 6) is 0.925. The van der Waals surface area contributed by atoms with Crippen LogP contribution in [0.5, 0.6) is 0 Å². The SMILES string of the molecule is CC(C)(C)C1CCc2nc3sc(S(=O)(=O)CC[Si](C)(C)C)cc3cc2C1. The molecule has 26 heavy (non-hydrogen) atoms. The van der Waals surface area contributed by atoms with Crippen LogP contribution in [0.15, 0.2) is 16.3 Å². The second-order valence-corrected chi connectivity index (χ2v) is 19.0. The molecule has 0 aliphatic heterocycles. The molecule has 0 fully saturated rings. The first kappa shape index (κ1) is 20.0. The van der Waals surface area contributed by atoms with Gasteiger partial charge >= 0.3 is 0 Å². The molecule has 144 valence electrons. The van der Waals surface area contributed by atoms with Crippen LogP contribution in [0.1, 0.15) is 38.4 Å². The highest BCUT2D eigenvalue weighted by atomic mass is 32.2. The van der Waals surface area contributed by atoms with E-state index in [4.69, 9.17) is 4.98 Å². The van der Waals surface area contributed by atoms with Crippen LogP contribution in [-0.2, 0) is 22.7 Å². The Bertz CT molecular complexity index is 918. The molecule has 2 heterocycles. The second-order valence-electron chi connectivity index (χ2n) is 9.99. The molecule has 0 saturated carbocycles. The number of thiophene rings is 1. The molecule has 1 aliphatic rings. The van der Waals surface area contributed by atoms with Gasteiger partial charge in [-0.2, -0.15) is 0 Å². The van der Waals surface area contributed by atoms with Crippen molar-refractivity contribution in [3.05, 3.63) is 23.4 Å². The number of aryl methyl sites for hydroxylation is 1. The van der Waals surface area contributed by atoms with E-state index in [0.717, 1.165) is 29.1 Å². The minimum absolute atomic E-state index is 0.265. The van der Waals surface area contributed by atoms with Crippen molar-refractivity contribution in [3.8, 4) is 0 Å². The molecule has 6 heteroatoms. The Hall–Kier alpha value is -0.723. The number of rotatable bonds is 4. The molecule has 1 unspecified atom stereocenters. The summed E-state index contributed by atoms with van der Waals surface area (Å²) < 4.78 is 26.0. The molecule has 1 aliphatic carbocycles. The van der Waals surface area contributed by atoms with E-state index in [1.807, 2.05) is 6.07 Å². The quantitative estimate of drug-likeness (QED) is 0.621. The van der Waals surface area contributed by atoms with Crippen LogP contribution in [0, 0.1) is 11.3 Å². The number of hydrogen-bond donors (Lipinski definition) is 0. The van der Waals surface area contributed by atoms with Gasteiger partial charge in [0.15, 0.2) is 9.84 Å². The van der Waals surface area contributed by atoms with E-state index in [2.05, 4.69) is 46.5 Å². The number of nitrogens with zero attached hydrogens (tertiary/aromatic N) is 1. The highest BCUT2D eigenvalue weighted by Crippen LogP contribution is 2.39. The van der Waals surface area contributed by atoms with E-state index >= 15 is 0 Å². The van der Waals surface area contributed by atoms with Crippen molar-refractivity contribution in [2.24, 2.45) is 11.3 Å². The summed E-state index contributed by atoms with van der Waals surface area (Å²) >= 11 is 1.35. The molecule has 0 saturated heterocycles. The minimum atomic E-state index is -3.20. The third kappa shape index (κ3) is 4.39. The van der Waals surface area contributed by atoms with Crippen LogP contribution >= 0.6 is 11.3 Å². The van der Waals surface area contributed by atoms with Gasteiger partial charge in [0.1, 0.15) is 9.04 Å². The first-order chi connectivity index (χ1) is 11.9. The van der Waals surface area contributed by atoms with Crippen LogP contribution in [0.4, 0.5) is 0 Å². The summed E-state index contributed by atoms with van der Waals surface area (Å²) in [7, 11) is -4.58. The largest absolute Gasteiger partial charge is 0.242 e. The molecule has 2 aromatic rings. The summed E-state index contributed by atoms with van der Waals surface area (Å²) in [6.07, 6.45) is 3.22. The van der Waals surface area contributed by atoms with Gasteiger partial charge in [-0.15, -0.1) is 11.3 Å². The van der Waals surface area contributed by atoms with Gasteiger partial charge in [0.05, 0.1) is 5.75 Å². The highest BCUT2D eigenvalue weighted by molar-refractivity contribution is 7.93. The molecule has 0 aromatic carbocycles. The lowest BCUT2D eigenvalue weighted by molar-refractivity contribution is 0.215. The van der Waals surface area contributed by atoms with Gasteiger partial charge in [-0.25, -0.2) is 13.4 Å². The van der Waals surface area contributed by atoms with E-state index in [1.54, 1.807) is 0 Å². The third-order valence-electron chi connectivity index (χ3n) is 5.50. The highest BCUT2D eigenvalue weighted by Gasteiger charge is 2.30. The Labute approximate surface area is 163 Å². The molecule has 3 nitrogen and oxygen atoms in total. The second kappa shape index (κ2) is 6.71. The number of pyridine rings is 1. The topological polar surface area (TPSA) is 47.0 Å². The molecule has 0 amide bonds. The first-order valence-corrected chi connectivity index (χ1v) is 15.7. The first-order valence-electron chi connectivity index (χ1n) is 9.50. The summed E-state index contributed by atoms with van der Waals surface area (Å²) in [5.41, 5.74) is 2.78. The lowest BCUT2D eigenvalue weighted by Gasteiger charge is -2.34. The number of aromatic nitrogens is 1. The van der Waals surface area contributed by atoms with Crippen LogP contribution in [0.3, 0.4) is 0 Å². The van der Waals surface area contributed by atoms with E-state index in [1.165, 1.54) is 29.0 Å². The van der Waals surface area contributed by atoms with Crippen LogP contribution in [-0.4, -0.2) is 27.2 Å². The van der Waals surface area contributed by atoms with Gasteiger partial charge < -0.3 is 0 Å². The normalized spacial score (nSPS) is 18.9. The number of fused-ring (bicyclic) bond motifs is 2. The molecule has 0 N–H and O–H groups in total. The Morgan fingerprint density at radius 3 is 2.54 bits per heavy atom. The molecule has 1 atom stereocenters. The van der Waals surface area contributed by atoms with Gasteiger partial charge in [0.25, 0.3) is 0 Å². The lowest BCUT2D eigenvalue weighted by atomic mass is 9.71. The van der Waals surface area contributed by atoms with Crippen molar-refractivity contribution >= 4 is 39.5 Å².